The van der Waals surface area contributed by atoms with Gasteiger partial charge in [-0.25, -0.2) is 18.4 Å². The standard InChI is InChI=1S/C35H46N6O3S/c1-26-22-39(35(4)15-17-38(18-16-35)34(42)33-27(2)36-25-37-28(33)3)19-20-41(26)32(21-29-11-7-5-8-12-29)30-23-40(24-30)45(43,44)31-13-9-6-10-14-31/h5-14,25-26,30,32H,15-24H2,1-4H3/t26-,32?/m0/s1. The minimum absolute atomic E-state index is 0.0281. The molecule has 0 bridgehead atoms. The van der Waals surface area contributed by atoms with Crippen molar-refractivity contribution < 1.29 is 13.2 Å². The fraction of sp³-hybridized carbons (Fsp3) is 0.514. The number of carbonyl (C=O) groups is 1. The Labute approximate surface area is 268 Å². The van der Waals surface area contributed by atoms with E-state index < -0.39 is 10.0 Å². The average Bonchev–Trinajstić information content (AvgIpc) is 3.01. The smallest absolute Gasteiger partial charge is 0.257 e. The second-order valence-electron chi connectivity index (χ2n) is 13.4. The molecule has 2 aromatic carbocycles. The first kappa shape index (κ1) is 31.8. The summed E-state index contributed by atoms with van der Waals surface area (Å²) in [5, 5.41) is 0. The Hall–Kier alpha value is -3.18. The van der Waals surface area contributed by atoms with Gasteiger partial charge in [-0.3, -0.25) is 14.6 Å². The van der Waals surface area contributed by atoms with E-state index in [0.29, 0.717) is 29.6 Å². The highest BCUT2D eigenvalue weighted by molar-refractivity contribution is 7.89. The highest BCUT2D eigenvalue weighted by Crippen LogP contribution is 2.35. The average molecular weight is 631 g/mol. The molecule has 4 heterocycles. The fourth-order valence-corrected chi connectivity index (χ4v) is 9.16. The highest BCUT2D eigenvalue weighted by atomic mass is 32.2. The molecule has 0 spiro atoms. The molecule has 3 fully saturated rings. The number of benzene rings is 2. The van der Waals surface area contributed by atoms with Crippen molar-refractivity contribution in [3.8, 4) is 0 Å². The largest absolute Gasteiger partial charge is 0.338 e. The number of hydrogen-bond acceptors (Lipinski definition) is 7. The summed E-state index contributed by atoms with van der Waals surface area (Å²) < 4.78 is 28.2. The van der Waals surface area contributed by atoms with E-state index >= 15 is 0 Å². The monoisotopic (exact) mass is 630 g/mol. The van der Waals surface area contributed by atoms with Gasteiger partial charge in [0.1, 0.15) is 6.33 Å². The molecule has 45 heavy (non-hydrogen) atoms. The number of amides is 1. The van der Waals surface area contributed by atoms with Crippen LogP contribution in [0.25, 0.3) is 0 Å². The van der Waals surface area contributed by atoms with Gasteiger partial charge in [0.2, 0.25) is 10.0 Å². The molecule has 0 N–H and O–H groups in total. The maximum absolute atomic E-state index is 13.4. The molecule has 3 aromatic rings. The summed E-state index contributed by atoms with van der Waals surface area (Å²) in [6.07, 6.45) is 4.29. The Bertz CT molecular complexity index is 1570. The third-order valence-electron chi connectivity index (χ3n) is 10.5. The maximum Gasteiger partial charge on any atom is 0.257 e. The molecular weight excluding hydrogens is 584 g/mol. The summed E-state index contributed by atoms with van der Waals surface area (Å²) in [5.41, 5.74) is 3.44. The quantitative estimate of drug-likeness (QED) is 0.372. The summed E-state index contributed by atoms with van der Waals surface area (Å²) in [6.45, 7) is 13.9. The fourth-order valence-electron chi connectivity index (χ4n) is 7.58. The van der Waals surface area contributed by atoms with E-state index in [-0.39, 0.29) is 23.4 Å². The Kier molecular flexibility index (Phi) is 9.12. The van der Waals surface area contributed by atoms with Crippen LogP contribution < -0.4 is 0 Å². The third-order valence-corrected chi connectivity index (χ3v) is 12.4. The molecule has 6 rings (SSSR count). The molecule has 0 saturated carbocycles. The molecule has 1 aromatic heterocycles. The molecule has 10 heteroatoms. The molecule has 1 amide bonds. The van der Waals surface area contributed by atoms with Crippen molar-refractivity contribution in [1.82, 2.24) is 29.0 Å². The molecule has 240 valence electrons. The lowest BCUT2D eigenvalue weighted by Gasteiger charge is -2.55. The van der Waals surface area contributed by atoms with E-state index in [1.807, 2.05) is 30.9 Å². The zero-order chi connectivity index (χ0) is 31.8. The molecule has 0 aliphatic carbocycles. The van der Waals surface area contributed by atoms with Crippen LogP contribution >= 0.6 is 0 Å². The molecule has 9 nitrogen and oxygen atoms in total. The van der Waals surface area contributed by atoms with E-state index in [0.717, 1.165) is 63.4 Å². The Balaban J connectivity index is 1.11. The lowest BCUT2D eigenvalue weighted by molar-refractivity contribution is -0.0479. The van der Waals surface area contributed by atoms with Gasteiger partial charge in [0, 0.05) is 69.4 Å². The number of rotatable bonds is 8. The Morgan fingerprint density at radius 2 is 1.49 bits per heavy atom. The van der Waals surface area contributed by atoms with Crippen LogP contribution in [0.1, 0.15) is 54.0 Å². The van der Waals surface area contributed by atoms with Crippen molar-refractivity contribution in [2.45, 2.75) is 69.5 Å². The van der Waals surface area contributed by atoms with Crippen LogP contribution in [0.3, 0.4) is 0 Å². The Morgan fingerprint density at radius 1 is 0.889 bits per heavy atom. The van der Waals surface area contributed by atoms with Gasteiger partial charge >= 0.3 is 0 Å². The number of aromatic nitrogens is 2. The number of piperazine rings is 1. The zero-order valence-corrected chi connectivity index (χ0v) is 27.8. The number of likely N-dealkylation sites (tertiary alicyclic amines) is 1. The van der Waals surface area contributed by atoms with Crippen LogP contribution in [0.4, 0.5) is 0 Å². The minimum Gasteiger partial charge on any atom is -0.338 e. The first-order chi connectivity index (χ1) is 21.6. The van der Waals surface area contributed by atoms with Gasteiger partial charge in [-0.15, -0.1) is 0 Å². The second-order valence-corrected chi connectivity index (χ2v) is 15.3. The molecule has 3 aliphatic heterocycles. The van der Waals surface area contributed by atoms with Crippen LogP contribution in [0.2, 0.25) is 0 Å². The van der Waals surface area contributed by atoms with Crippen LogP contribution in [0.5, 0.6) is 0 Å². The van der Waals surface area contributed by atoms with Gasteiger partial charge in [0.15, 0.2) is 0 Å². The number of piperidine rings is 1. The van der Waals surface area contributed by atoms with E-state index in [1.54, 1.807) is 28.6 Å². The molecule has 1 unspecified atom stereocenters. The zero-order valence-electron chi connectivity index (χ0n) is 27.0. The maximum atomic E-state index is 13.4. The first-order valence-corrected chi connectivity index (χ1v) is 17.7. The van der Waals surface area contributed by atoms with Gasteiger partial charge < -0.3 is 4.90 Å². The topological polar surface area (TPSA) is 90.0 Å². The van der Waals surface area contributed by atoms with E-state index in [9.17, 15) is 13.2 Å². The molecule has 0 radical (unpaired) electrons. The van der Waals surface area contributed by atoms with Crippen molar-refractivity contribution in [3.05, 3.63) is 89.5 Å². The predicted octanol–water partition coefficient (Wildman–Crippen LogP) is 4.03. The number of hydrogen-bond donors (Lipinski definition) is 0. The van der Waals surface area contributed by atoms with Crippen molar-refractivity contribution >= 4 is 15.9 Å². The van der Waals surface area contributed by atoms with Gasteiger partial charge in [0.25, 0.3) is 5.91 Å². The molecule has 3 saturated heterocycles. The van der Waals surface area contributed by atoms with Crippen molar-refractivity contribution in [3.63, 3.8) is 0 Å². The molecular formula is C35H46N6O3S. The minimum atomic E-state index is -3.48. The van der Waals surface area contributed by atoms with Gasteiger partial charge in [0.05, 0.1) is 21.8 Å². The normalized spacial score (nSPS) is 22.6. The Morgan fingerprint density at radius 3 is 2.09 bits per heavy atom. The van der Waals surface area contributed by atoms with E-state index in [4.69, 9.17) is 0 Å². The summed E-state index contributed by atoms with van der Waals surface area (Å²) in [5.74, 6) is 0.315. The third kappa shape index (κ3) is 6.43. The van der Waals surface area contributed by atoms with Crippen molar-refractivity contribution in [1.29, 1.82) is 0 Å². The second kappa shape index (κ2) is 12.9. The lowest BCUT2D eigenvalue weighted by atomic mass is 9.84. The number of aryl methyl sites for hydroxylation is 2. The van der Waals surface area contributed by atoms with Gasteiger partial charge in [-0.1, -0.05) is 48.5 Å². The number of nitrogens with zero attached hydrogens (tertiary/aromatic N) is 6. The summed E-state index contributed by atoms with van der Waals surface area (Å²) in [4.78, 5) is 29.6. The van der Waals surface area contributed by atoms with Crippen LogP contribution in [-0.4, -0.2) is 107 Å². The first-order valence-electron chi connectivity index (χ1n) is 16.2. The molecule has 2 atom stereocenters. The highest BCUT2D eigenvalue weighted by Gasteiger charge is 2.46. The van der Waals surface area contributed by atoms with E-state index in [2.05, 4.69) is 57.9 Å². The molecule has 3 aliphatic rings. The van der Waals surface area contributed by atoms with Gasteiger partial charge in [-0.05, 0) is 64.7 Å². The number of carbonyl (C=O) groups excluding carboxylic acids is 1. The van der Waals surface area contributed by atoms with Gasteiger partial charge in [-0.2, -0.15) is 4.31 Å². The van der Waals surface area contributed by atoms with Crippen molar-refractivity contribution in [2.75, 3.05) is 45.8 Å². The predicted molar refractivity (Wildman–Crippen MR) is 175 cm³/mol. The van der Waals surface area contributed by atoms with Crippen LogP contribution in [0, 0.1) is 19.8 Å². The SMILES string of the molecule is Cc1ncnc(C)c1C(=O)N1CCC(C)(N2CCN(C(Cc3ccccc3)C3CN(S(=O)(=O)c4ccccc4)C3)[C@@H](C)C2)CC1. The van der Waals surface area contributed by atoms with Crippen LogP contribution in [0.15, 0.2) is 71.9 Å². The summed E-state index contributed by atoms with van der Waals surface area (Å²) >= 11 is 0. The lowest BCUT2D eigenvalue weighted by Crippen LogP contribution is -2.66. The number of sulfonamides is 1. The summed E-state index contributed by atoms with van der Waals surface area (Å²) in [7, 11) is -3.48. The van der Waals surface area contributed by atoms with E-state index in [1.165, 1.54) is 11.9 Å². The van der Waals surface area contributed by atoms with Crippen molar-refractivity contribution in [2.24, 2.45) is 5.92 Å². The van der Waals surface area contributed by atoms with Crippen LogP contribution in [-0.2, 0) is 16.4 Å². The summed E-state index contributed by atoms with van der Waals surface area (Å²) in [6, 6.07) is 20.0.